The number of carbonyl (C=O) groups excluding carboxylic acids is 2. The van der Waals surface area contributed by atoms with Crippen molar-refractivity contribution in [1.82, 2.24) is 10.3 Å². The van der Waals surface area contributed by atoms with Gasteiger partial charge in [-0.25, -0.2) is 13.2 Å². The van der Waals surface area contributed by atoms with E-state index in [4.69, 9.17) is 5.53 Å². The summed E-state index contributed by atoms with van der Waals surface area (Å²) in [5.74, 6) is -3.01. The van der Waals surface area contributed by atoms with Crippen LogP contribution < -0.4 is 5.32 Å². The summed E-state index contributed by atoms with van der Waals surface area (Å²) in [6.07, 6.45) is 2.41. The molecule has 10 nitrogen and oxygen atoms in total. The Labute approximate surface area is 166 Å². The fraction of sp³-hybridized carbons (Fsp3) is 0.333. The van der Waals surface area contributed by atoms with E-state index in [0.29, 0.717) is 11.8 Å². The van der Waals surface area contributed by atoms with Crippen LogP contribution in [0.15, 0.2) is 30.5 Å². The normalized spacial score (nSPS) is 13.3. The van der Waals surface area contributed by atoms with Crippen molar-refractivity contribution in [3.05, 3.63) is 41.6 Å². The van der Waals surface area contributed by atoms with E-state index in [1.807, 2.05) is 12.1 Å². The van der Waals surface area contributed by atoms with Gasteiger partial charge in [0.2, 0.25) is 11.7 Å². The van der Waals surface area contributed by atoms with E-state index >= 15 is 0 Å². The topological polar surface area (TPSA) is 170 Å². The van der Waals surface area contributed by atoms with Gasteiger partial charge in [-0.3, -0.25) is 9.59 Å². The molecule has 1 amide bonds. The first-order chi connectivity index (χ1) is 13.6. The van der Waals surface area contributed by atoms with E-state index in [1.165, 1.54) is 0 Å². The first kappa shape index (κ1) is 22.0. The number of amides is 1. The Balaban J connectivity index is 2.20. The number of carboxylic acids is 1. The molecule has 0 saturated carbocycles. The molecule has 11 heteroatoms. The monoisotopic (exact) mass is 420 g/mol. The number of aromatic amines is 1. The SMILES string of the molecule is CS(=O)(=O)C(Cc1c[nH]c2ccccc12)C(=O)NC(CCC(=O)C=[N+]=[N-])C(=O)O. The summed E-state index contributed by atoms with van der Waals surface area (Å²) in [4.78, 5) is 41.0. The number of hydrogen-bond acceptors (Lipinski definition) is 5. The summed E-state index contributed by atoms with van der Waals surface area (Å²) in [5.41, 5.74) is 9.69. The van der Waals surface area contributed by atoms with Gasteiger partial charge in [0.05, 0.1) is 0 Å². The predicted molar refractivity (Wildman–Crippen MR) is 104 cm³/mol. The number of aromatic nitrogens is 1. The number of ketones is 1. The second-order valence-electron chi connectivity index (χ2n) is 6.53. The Morgan fingerprint density at radius 1 is 1.31 bits per heavy atom. The number of nitrogens with zero attached hydrogens (tertiary/aromatic N) is 2. The smallest absolute Gasteiger partial charge is 0.326 e. The van der Waals surface area contributed by atoms with Gasteiger partial charge in [0, 0.05) is 36.2 Å². The molecule has 0 aliphatic carbocycles. The number of carbonyl (C=O) groups is 3. The number of H-pyrrole nitrogens is 1. The number of benzene rings is 1. The lowest BCUT2D eigenvalue weighted by molar-refractivity contribution is -0.142. The summed E-state index contributed by atoms with van der Waals surface area (Å²) in [6.45, 7) is 0. The van der Waals surface area contributed by atoms with Crippen LogP contribution in [0.5, 0.6) is 0 Å². The molecule has 154 valence electrons. The number of aliphatic carboxylic acids is 1. The van der Waals surface area contributed by atoms with E-state index in [0.717, 1.165) is 17.2 Å². The summed E-state index contributed by atoms with van der Waals surface area (Å²) in [7, 11) is -3.86. The Bertz CT molecular complexity index is 1080. The molecule has 29 heavy (non-hydrogen) atoms. The van der Waals surface area contributed by atoms with Crippen LogP contribution in [0.1, 0.15) is 18.4 Å². The van der Waals surface area contributed by atoms with Crippen LogP contribution >= 0.6 is 0 Å². The Hall–Kier alpha value is -3.30. The summed E-state index contributed by atoms with van der Waals surface area (Å²) in [5, 5.41) is 10.7. The highest BCUT2D eigenvalue weighted by Crippen LogP contribution is 2.21. The van der Waals surface area contributed by atoms with Gasteiger partial charge in [0.15, 0.2) is 9.84 Å². The molecule has 2 rings (SSSR count). The van der Waals surface area contributed by atoms with Crippen LogP contribution in [-0.4, -0.2) is 64.7 Å². The third-order valence-corrected chi connectivity index (χ3v) is 5.80. The molecule has 3 N–H and O–H groups in total. The molecule has 0 aliphatic heterocycles. The molecule has 0 saturated heterocycles. The molecule has 2 atom stereocenters. The fourth-order valence-corrected chi connectivity index (χ4v) is 3.82. The third kappa shape index (κ3) is 5.84. The first-order valence-electron chi connectivity index (χ1n) is 8.60. The lowest BCUT2D eigenvalue weighted by atomic mass is 10.1. The minimum atomic E-state index is -3.86. The van der Waals surface area contributed by atoms with Crippen molar-refractivity contribution in [2.75, 3.05) is 6.26 Å². The van der Waals surface area contributed by atoms with Crippen molar-refractivity contribution >= 4 is 44.6 Å². The third-order valence-electron chi connectivity index (χ3n) is 4.39. The molecule has 0 aliphatic rings. The Kier molecular flexibility index (Phi) is 7.03. The zero-order valence-corrected chi connectivity index (χ0v) is 16.3. The number of para-hydroxylation sites is 1. The second kappa shape index (κ2) is 9.26. The van der Waals surface area contributed by atoms with Gasteiger partial charge in [-0.1, -0.05) is 18.2 Å². The van der Waals surface area contributed by atoms with E-state index in [1.54, 1.807) is 18.3 Å². The molecular weight excluding hydrogens is 400 g/mol. The quantitative estimate of drug-likeness (QED) is 0.284. The first-order valence-corrected chi connectivity index (χ1v) is 10.6. The number of hydrogen-bond donors (Lipinski definition) is 3. The van der Waals surface area contributed by atoms with Gasteiger partial charge in [0.25, 0.3) is 0 Å². The average molecular weight is 420 g/mol. The van der Waals surface area contributed by atoms with Crippen LogP contribution in [0.3, 0.4) is 0 Å². The van der Waals surface area contributed by atoms with Gasteiger partial charge < -0.3 is 20.9 Å². The number of nitrogens with one attached hydrogen (secondary N) is 2. The minimum Gasteiger partial charge on any atom is -0.480 e. The van der Waals surface area contributed by atoms with Crippen molar-refractivity contribution < 1.29 is 32.7 Å². The largest absolute Gasteiger partial charge is 0.480 e. The maximum atomic E-state index is 12.6. The van der Waals surface area contributed by atoms with Crippen molar-refractivity contribution in [1.29, 1.82) is 0 Å². The molecule has 2 aromatic rings. The standard InChI is InChI=1S/C18H20N4O6S/c1-29(27,28)16(8-11-9-20-14-5-3-2-4-13(11)14)17(24)22-15(18(25)26)7-6-12(23)10-21-19/h2-5,9-10,15-16,20H,6-8H2,1H3,(H,22,24)(H,25,26). The molecule has 0 bridgehead atoms. The van der Waals surface area contributed by atoms with Crippen LogP contribution in [0.2, 0.25) is 0 Å². The molecule has 1 aromatic heterocycles. The Morgan fingerprint density at radius 3 is 2.62 bits per heavy atom. The highest BCUT2D eigenvalue weighted by atomic mass is 32.2. The Morgan fingerprint density at radius 2 is 2.00 bits per heavy atom. The van der Waals surface area contributed by atoms with Gasteiger partial charge in [-0.15, -0.1) is 0 Å². The highest BCUT2D eigenvalue weighted by molar-refractivity contribution is 7.92. The zero-order chi connectivity index (χ0) is 21.6. The summed E-state index contributed by atoms with van der Waals surface area (Å²) in [6, 6.07) is 5.71. The van der Waals surface area contributed by atoms with Crippen molar-refractivity contribution in [2.45, 2.75) is 30.6 Å². The molecular formula is C18H20N4O6S. The summed E-state index contributed by atoms with van der Waals surface area (Å²) < 4.78 is 24.4. The van der Waals surface area contributed by atoms with Crippen LogP contribution in [0.25, 0.3) is 16.4 Å². The molecule has 1 heterocycles. The van der Waals surface area contributed by atoms with E-state index < -0.39 is 38.8 Å². The van der Waals surface area contributed by atoms with Crippen LogP contribution in [0.4, 0.5) is 0 Å². The van der Waals surface area contributed by atoms with Gasteiger partial charge >= 0.3 is 12.2 Å². The fourth-order valence-electron chi connectivity index (χ4n) is 2.88. The van der Waals surface area contributed by atoms with E-state index in [2.05, 4.69) is 15.1 Å². The lowest BCUT2D eigenvalue weighted by Gasteiger charge is -2.19. The molecule has 0 fully saturated rings. The zero-order valence-electron chi connectivity index (χ0n) is 15.5. The molecule has 0 radical (unpaired) electrons. The minimum absolute atomic E-state index is 0.142. The maximum absolute atomic E-state index is 12.6. The van der Waals surface area contributed by atoms with E-state index in [9.17, 15) is 27.9 Å². The average Bonchev–Trinajstić information content (AvgIpc) is 3.05. The number of carboxylic acid groups (broad SMARTS) is 1. The summed E-state index contributed by atoms with van der Waals surface area (Å²) >= 11 is 0. The van der Waals surface area contributed by atoms with Crippen molar-refractivity contribution in [3.8, 4) is 0 Å². The van der Waals surface area contributed by atoms with Crippen LogP contribution in [0, 0.1) is 0 Å². The van der Waals surface area contributed by atoms with Crippen molar-refractivity contribution in [3.63, 3.8) is 0 Å². The van der Waals surface area contributed by atoms with E-state index in [-0.39, 0.29) is 19.3 Å². The lowest BCUT2D eigenvalue weighted by Crippen LogP contribution is -2.48. The van der Waals surface area contributed by atoms with Crippen LogP contribution in [-0.2, 0) is 30.6 Å². The predicted octanol–water partition coefficient (Wildman–Crippen LogP) is 0.343. The number of fused-ring (bicyclic) bond motifs is 1. The highest BCUT2D eigenvalue weighted by Gasteiger charge is 2.33. The number of sulfone groups is 1. The molecule has 2 unspecified atom stereocenters. The molecule has 1 aromatic carbocycles. The molecule has 0 spiro atoms. The number of rotatable bonds is 10. The van der Waals surface area contributed by atoms with Gasteiger partial charge in [-0.05, 0) is 18.1 Å². The maximum Gasteiger partial charge on any atom is 0.326 e. The number of Topliss-reactive ketones (excluding diaryl/α,β-unsaturated/α-hetero) is 1. The second-order valence-corrected chi connectivity index (χ2v) is 8.76. The van der Waals surface area contributed by atoms with Gasteiger partial charge in [0.1, 0.15) is 11.3 Å². The van der Waals surface area contributed by atoms with Gasteiger partial charge in [-0.2, -0.15) is 4.79 Å². The van der Waals surface area contributed by atoms with Crippen molar-refractivity contribution in [2.24, 2.45) is 0 Å².